The monoisotopic (exact) mass is 293 g/mol. The van der Waals surface area contributed by atoms with Crippen LogP contribution < -0.4 is 5.32 Å². The summed E-state index contributed by atoms with van der Waals surface area (Å²) in [4.78, 5) is 18.2. The minimum absolute atomic E-state index is 0.0457. The summed E-state index contributed by atoms with van der Waals surface area (Å²) in [5.41, 5.74) is 1.10. The van der Waals surface area contributed by atoms with Gasteiger partial charge in [0.05, 0.1) is 5.03 Å². The van der Waals surface area contributed by atoms with Crippen molar-refractivity contribution < 1.29 is 4.79 Å². The number of carbonyl (C=O) groups excluding carboxylic acids is 1. The molecule has 110 valence electrons. The first-order chi connectivity index (χ1) is 9.44. The van der Waals surface area contributed by atoms with Gasteiger partial charge in [0.15, 0.2) is 0 Å². The van der Waals surface area contributed by atoms with E-state index < -0.39 is 0 Å². The maximum Gasteiger partial charge on any atom is 0.317 e. The Kier molecular flexibility index (Phi) is 4.91. The van der Waals surface area contributed by atoms with Gasteiger partial charge in [-0.1, -0.05) is 20.8 Å². The standard InChI is InChI=1S/C15H23N3OS/c1-15(2,3)20-13-10-12(6-7-16-13)11-17-14(19)18-8-4-5-9-18/h6-7,10H,4-5,8-9,11H2,1-3H3,(H,17,19). The van der Waals surface area contributed by atoms with Crippen LogP contribution in [0, 0.1) is 0 Å². The number of hydrogen-bond acceptors (Lipinski definition) is 3. The number of likely N-dealkylation sites (tertiary alicyclic amines) is 1. The first-order valence-electron chi connectivity index (χ1n) is 7.11. The first kappa shape index (κ1) is 15.2. The summed E-state index contributed by atoms with van der Waals surface area (Å²) < 4.78 is 0.143. The van der Waals surface area contributed by atoms with Crippen molar-refractivity contribution in [2.24, 2.45) is 0 Å². The van der Waals surface area contributed by atoms with Crippen molar-refractivity contribution in [3.05, 3.63) is 23.9 Å². The van der Waals surface area contributed by atoms with Crippen LogP contribution in [0.4, 0.5) is 4.79 Å². The number of amides is 2. The van der Waals surface area contributed by atoms with E-state index >= 15 is 0 Å². The van der Waals surface area contributed by atoms with Gasteiger partial charge in [-0.2, -0.15) is 0 Å². The molecule has 20 heavy (non-hydrogen) atoms. The molecule has 2 heterocycles. The molecular weight excluding hydrogens is 270 g/mol. The Morgan fingerprint density at radius 1 is 1.40 bits per heavy atom. The van der Waals surface area contributed by atoms with Crippen molar-refractivity contribution in [2.45, 2.75) is 49.9 Å². The molecule has 0 aromatic carbocycles. The number of nitrogens with zero attached hydrogens (tertiary/aromatic N) is 2. The van der Waals surface area contributed by atoms with Crippen molar-refractivity contribution in [3.8, 4) is 0 Å². The molecule has 0 radical (unpaired) electrons. The second-order valence-corrected chi connectivity index (χ2v) is 7.92. The number of nitrogens with one attached hydrogen (secondary N) is 1. The highest BCUT2D eigenvalue weighted by Gasteiger charge is 2.17. The Labute approximate surface area is 125 Å². The number of hydrogen-bond donors (Lipinski definition) is 1. The van der Waals surface area contributed by atoms with Gasteiger partial charge in [-0.3, -0.25) is 0 Å². The summed E-state index contributed by atoms with van der Waals surface area (Å²) in [5, 5.41) is 3.99. The van der Waals surface area contributed by atoms with Gasteiger partial charge < -0.3 is 10.2 Å². The number of thioether (sulfide) groups is 1. The molecule has 1 aliphatic heterocycles. The Balaban J connectivity index is 1.89. The Morgan fingerprint density at radius 3 is 2.75 bits per heavy atom. The summed E-state index contributed by atoms with van der Waals surface area (Å²) in [7, 11) is 0. The lowest BCUT2D eigenvalue weighted by Gasteiger charge is -2.18. The predicted octanol–water partition coefficient (Wildman–Crippen LogP) is 3.28. The SMILES string of the molecule is CC(C)(C)Sc1cc(CNC(=O)N2CCCC2)ccn1. The number of pyridine rings is 1. The molecule has 5 heteroatoms. The normalized spacial score (nSPS) is 15.4. The van der Waals surface area contributed by atoms with E-state index in [2.05, 4.69) is 37.1 Å². The molecule has 1 saturated heterocycles. The zero-order valence-corrected chi connectivity index (χ0v) is 13.3. The third-order valence-corrected chi connectivity index (χ3v) is 4.09. The molecule has 0 unspecified atom stereocenters. The van der Waals surface area contributed by atoms with Crippen molar-refractivity contribution in [1.82, 2.24) is 15.2 Å². The highest BCUT2D eigenvalue weighted by atomic mass is 32.2. The fourth-order valence-electron chi connectivity index (χ4n) is 2.14. The highest BCUT2D eigenvalue weighted by molar-refractivity contribution is 8.00. The molecule has 1 aromatic heterocycles. The van der Waals surface area contributed by atoms with E-state index in [4.69, 9.17) is 0 Å². The minimum atomic E-state index is 0.0457. The first-order valence-corrected chi connectivity index (χ1v) is 7.92. The van der Waals surface area contributed by atoms with Gasteiger partial charge in [0, 0.05) is 30.6 Å². The second-order valence-electron chi connectivity index (χ2n) is 6.07. The van der Waals surface area contributed by atoms with Crippen molar-refractivity contribution in [2.75, 3.05) is 13.1 Å². The fourth-order valence-corrected chi connectivity index (χ4v) is 3.09. The van der Waals surface area contributed by atoms with E-state index in [9.17, 15) is 4.79 Å². The van der Waals surface area contributed by atoms with Crippen LogP contribution in [0.25, 0.3) is 0 Å². The van der Waals surface area contributed by atoms with E-state index in [0.717, 1.165) is 36.5 Å². The summed E-state index contributed by atoms with van der Waals surface area (Å²) in [6.45, 7) is 8.83. The predicted molar refractivity (Wildman–Crippen MR) is 82.9 cm³/mol. The highest BCUT2D eigenvalue weighted by Crippen LogP contribution is 2.30. The zero-order valence-electron chi connectivity index (χ0n) is 12.5. The van der Waals surface area contributed by atoms with Gasteiger partial charge in [-0.25, -0.2) is 9.78 Å². The van der Waals surface area contributed by atoms with Gasteiger partial charge in [0.2, 0.25) is 0 Å². The van der Waals surface area contributed by atoms with Gasteiger partial charge in [0.25, 0.3) is 0 Å². The third-order valence-electron chi connectivity index (χ3n) is 3.05. The molecule has 2 amide bonds. The Hall–Kier alpha value is -1.23. The third kappa shape index (κ3) is 4.71. The summed E-state index contributed by atoms with van der Waals surface area (Å²) >= 11 is 1.74. The van der Waals surface area contributed by atoms with Crippen LogP contribution in [0.5, 0.6) is 0 Å². The molecule has 0 bridgehead atoms. The maximum absolute atomic E-state index is 11.9. The van der Waals surface area contributed by atoms with Gasteiger partial charge in [-0.15, -0.1) is 11.8 Å². The van der Waals surface area contributed by atoms with E-state index in [1.165, 1.54) is 0 Å². The average Bonchev–Trinajstić information content (AvgIpc) is 2.88. The molecular formula is C15H23N3OS. The molecule has 0 atom stereocenters. The topological polar surface area (TPSA) is 45.2 Å². The van der Waals surface area contributed by atoms with Gasteiger partial charge in [0.1, 0.15) is 0 Å². The number of urea groups is 1. The van der Waals surface area contributed by atoms with Gasteiger partial charge >= 0.3 is 6.03 Å². The molecule has 0 aliphatic carbocycles. The Morgan fingerprint density at radius 2 is 2.10 bits per heavy atom. The van der Waals surface area contributed by atoms with Gasteiger partial charge in [-0.05, 0) is 30.5 Å². The lowest BCUT2D eigenvalue weighted by atomic mass is 10.2. The molecule has 1 aromatic rings. The van der Waals surface area contributed by atoms with Crippen LogP contribution in [-0.2, 0) is 6.54 Å². The molecule has 1 N–H and O–H groups in total. The summed E-state index contributed by atoms with van der Waals surface area (Å²) in [6.07, 6.45) is 4.05. The van der Waals surface area contributed by atoms with E-state index in [1.54, 1.807) is 11.8 Å². The van der Waals surface area contributed by atoms with Crippen LogP contribution in [0.2, 0.25) is 0 Å². The van der Waals surface area contributed by atoms with Crippen molar-refractivity contribution in [1.29, 1.82) is 0 Å². The number of carbonyl (C=O) groups is 1. The summed E-state index contributed by atoms with van der Waals surface area (Å²) in [6, 6.07) is 4.06. The van der Waals surface area contributed by atoms with Crippen LogP contribution in [-0.4, -0.2) is 33.8 Å². The van der Waals surface area contributed by atoms with Crippen LogP contribution in [0.3, 0.4) is 0 Å². The molecule has 1 fully saturated rings. The average molecular weight is 293 g/mol. The molecule has 4 nitrogen and oxygen atoms in total. The molecule has 0 saturated carbocycles. The number of rotatable bonds is 3. The maximum atomic E-state index is 11.9. The van der Waals surface area contributed by atoms with E-state index in [-0.39, 0.29) is 10.8 Å². The molecule has 0 spiro atoms. The van der Waals surface area contributed by atoms with Crippen LogP contribution in [0.15, 0.2) is 23.4 Å². The molecule has 1 aliphatic rings. The van der Waals surface area contributed by atoms with Crippen molar-refractivity contribution in [3.63, 3.8) is 0 Å². The molecule has 2 rings (SSSR count). The van der Waals surface area contributed by atoms with Crippen molar-refractivity contribution >= 4 is 17.8 Å². The smallest absolute Gasteiger partial charge is 0.317 e. The second kappa shape index (κ2) is 6.48. The van der Waals surface area contributed by atoms with E-state index in [1.807, 2.05) is 17.2 Å². The van der Waals surface area contributed by atoms with Crippen LogP contribution >= 0.6 is 11.8 Å². The lowest BCUT2D eigenvalue weighted by Crippen LogP contribution is -2.37. The number of aromatic nitrogens is 1. The Bertz CT molecular complexity index is 464. The zero-order chi connectivity index (χ0) is 14.6. The summed E-state index contributed by atoms with van der Waals surface area (Å²) in [5.74, 6) is 0. The largest absolute Gasteiger partial charge is 0.334 e. The van der Waals surface area contributed by atoms with E-state index in [0.29, 0.717) is 6.54 Å². The minimum Gasteiger partial charge on any atom is -0.334 e. The lowest BCUT2D eigenvalue weighted by molar-refractivity contribution is 0.208. The fraction of sp³-hybridized carbons (Fsp3) is 0.600. The van der Waals surface area contributed by atoms with Crippen LogP contribution in [0.1, 0.15) is 39.2 Å². The quantitative estimate of drug-likeness (QED) is 0.870.